The molecule has 0 spiro atoms. The first-order valence-electron chi connectivity index (χ1n) is 9.37. The van der Waals surface area contributed by atoms with Crippen molar-refractivity contribution in [2.24, 2.45) is 5.92 Å². The third kappa shape index (κ3) is 5.22. The third-order valence-corrected chi connectivity index (χ3v) is 4.84. The van der Waals surface area contributed by atoms with E-state index in [1.165, 1.54) is 0 Å². The van der Waals surface area contributed by atoms with Crippen molar-refractivity contribution in [2.45, 2.75) is 32.4 Å². The molecule has 0 aliphatic carbocycles. The fraction of sp³-hybridized carbons (Fsp3) is 0.381. The first-order chi connectivity index (χ1) is 13.5. The molecule has 1 aromatic heterocycles. The number of nitrogens with zero attached hydrogens (tertiary/aromatic N) is 2. The van der Waals surface area contributed by atoms with E-state index < -0.39 is 11.9 Å². The van der Waals surface area contributed by atoms with Crippen molar-refractivity contribution in [1.29, 1.82) is 0 Å². The van der Waals surface area contributed by atoms with Crippen molar-refractivity contribution < 1.29 is 23.9 Å². The number of likely N-dealkylation sites (tertiary alicyclic amines) is 1. The van der Waals surface area contributed by atoms with E-state index in [1.807, 2.05) is 30.3 Å². The van der Waals surface area contributed by atoms with Crippen molar-refractivity contribution in [2.75, 3.05) is 13.1 Å². The van der Waals surface area contributed by atoms with Gasteiger partial charge in [0.05, 0.1) is 18.7 Å². The van der Waals surface area contributed by atoms with Crippen molar-refractivity contribution >= 4 is 17.8 Å². The summed E-state index contributed by atoms with van der Waals surface area (Å²) in [4.78, 5) is 39.6. The van der Waals surface area contributed by atoms with Crippen LogP contribution in [0, 0.1) is 5.92 Å². The summed E-state index contributed by atoms with van der Waals surface area (Å²) in [5, 5.41) is 8.89. The zero-order valence-corrected chi connectivity index (χ0v) is 15.6. The number of furan rings is 1. The highest BCUT2D eigenvalue weighted by Crippen LogP contribution is 2.23. The molecule has 1 fully saturated rings. The predicted octanol–water partition coefficient (Wildman–Crippen LogP) is 2.52. The highest BCUT2D eigenvalue weighted by atomic mass is 16.4. The molecule has 148 valence electrons. The SMILES string of the molecule is O=C(O)CCCN(Cc1ccccc1)C(=O)C1CC(=O)N(Cc2ccco2)C1. The number of benzene rings is 1. The summed E-state index contributed by atoms with van der Waals surface area (Å²) in [5.74, 6) is -0.794. The van der Waals surface area contributed by atoms with Crippen molar-refractivity contribution in [3.05, 3.63) is 60.1 Å². The second-order valence-corrected chi connectivity index (χ2v) is 7.00. The van der Waals surface area contributed by atoms with Gasteiger partial charge in [-0.05, 0) is 24.1 Å². The van der Waals surface area contributed by atoms with Gasteiger partial charge in [0.15, 0.2) is 0 Å². The molecule has 1 aliphatic rings. The van der Waals surface area contributed by atoms with Gasteiger partial charge in [0.1, 0.15) is 5.76 Å². The molecule has 1 unspecified atom stereocenters. The average molecular weight is 384 g/mol. The number of hydrogen-bond acceptors (Lipinski definition) is 4. The van der Waals surface area contributed by atoms with Crippen LogP contribution in [0.25, 0.3) is 0 Å². The van der Waals surface area contributed by atoms with Gasteiger partial charge in [-0.2, -0.15) is 0 Å². The van der Waals surface area contributed by atoms with E-state index in [2.05, 4.69) is 0 Å². The van der Waals surface area contributed by atoms with Crippen molar-refractivity contribution in [3.8, 4) is 0 Å². The van der Waals surface area contributed by atoms with Gasteiger partial charge in [-0.3, -0.25) is 14.4 Å². The molecule has 1 atom stereocenters. The maximum Gasteiger partial charge on any atom is 0.303 e. The molecule has 7 nitrogen and oxygen atoms in total. The Morgan fingerprint density at radius 2 is 1.96 bits per heavy atom. The molecule has 0 radical (unpaired) electrons. The largest absolute Gasteiger partial charge is 0.481 e. The maximum atomic E-state index is 13.1. The Labute approximate surface area is 163 Å². The van der Waals surface area contributed by atoms with Crippen molar-refractivity contribution in [3.63, 3.8) is 0 Å². The molecule has 2 aromatic rings. The molecule has 0 bridgehead atoms. The highest BCUT2D eigenvalue weighted by Gasteiger charge is 2.36. The number of carbonyl (C=O) groups is 3. The third-order valence-electron chi connectivity index (χ3n) is 4.84. The number of carboxylic acid groups (broad SMARTS) is 1. The van der Waals surface area contributed by atoms with E-state index in [4.69, 9.17) is 9.52 Å². The average Bonchev–Trinajstić information content (AvgIpc) is 3.31. The van der Waals surface area contributed by atoms with E-state index in [1.54, 1.807) is 28.2 Å². The monoisotopic (exact) mass is 384 g/mol. The lowest BCUT2D eigenvalue weighted by Gasteiger charge is -2.25. The van der Waals surface area contributed by atoms with Gasteiger partial charge >= 0.3 is 5.97 Å². The van der Waals surface area contributed by atoms with Crippen LogP contribution in [0.5, 0.6) is 0 Å². The minimum absolute atomic E-state index is 0.00673. The smallest absolute Gasteiger partial charge is 0.303 e. The second kappa shape index (κ2) is 9.21. The van der Waals surface area contributed by atoms with Crippen LogP contribution in [0.15, 0.2) is 53.1 Å². The summed E-state index contributed by atoms with van der Waals surface area (Å²) in [6.07, 6.45) is 2.11. The van der Waals surface area contributed by atoms with Crippen LogP contribution in [0.3, 0.4) is 0 Å². The molecular formula is C21H24N2O5. The van der Waals surface area contributed by atoms with Gasteiger partial charge in [-0.1, -0.05) is 30.3 Å². The Morgan fingerprint density at radius 1 is 1.18 bits per heavy atom. The number of carbonyl (C=O) groups excluding carboxylic acids is 2. The standard InChI is InChI=1S/C21H24N2O5/c24-19-12-17(14-23(19)15-18-8-5-11-28-18)21(27)22(10-4-9-20(25)26)13-16-6-2-1-3-7-16/h1-3,5-8,11,17H,4,9-10,12-15H2,(H,25,26). The van der Waals surface area contributed by atoms with Crippen LogP contribution in [-0.2, 0) is 27.5 Å². The molecular weight excluding hydrogens is 360 g/mol. The summed E-state index contributed by atoms with van der Waals surface area (Å²) in [7, 11) is 0. The van der Waals surface area contributed by atoms with Crippen LogP contribution in [0.1, 0.15) is 30.6 Å². The molecule has 28 heavy (non-hydrogen) atoms. The lowest BCUT2D eigenvalue weighted by molar-refractivity contribution is -0.139. The van der Waals surface area contributed by atoms with Crippen LogP contribution in [0.4, 0.5) is 0 Å². The van der Waals surface area contributed by atoms with Crippen LogP contribution in [0.2, 0.25) is 0 Å². The Balaban J connectivity index is 1.65. The topological polar surface area (TPSA) is 91.1 Å². The second-order valence-electron chi connectivity index (χ2n) is 7.00. The molecule has 1 aliphatic heterocycles. The van der Waals surface area contributed by atoms with Gasteiger partial charge in [0.25, 0.3) is 0 Å². The molecule has 2 heterocycles. The number of amides is 2. The fourth-order valence-corrected chi connectivity index (χ4v) is 3.43. The first-order valence-corrected chi connectivity index (χ1v) is 9.37. The van der Waals surface area contributed by atoms with E-state index in [9.17, 15) is 14.4 Å². The Morgan fingerprint density at radius 3 is 2.64 bits per heavy atom. The minimum Gasteiger partial charge on any atom is -0.481 e. The highest BCUT2D eigenvalue weighted by molar-refractivity contribution is 5.89. The molecule has 1 N–H and O–H groups in total. The summed E-state index contributed by atoms with van der Waals surface area (Å²) in [6.45, 7) is 1.46. The van der Waals surface area contributed by atoms with Gasteiger partial charge in [0.2, 0.25) is 11.8 Å². The zero-order chi connectivity index (χ0) is 19.9. The summed E-state index contributed by atoms with van der Waals surface area (Å²) in [6, 6.07) is 13.1. The van der Waals surface area contributed by atoms with Crippen LogP contribution >= 0.6 is 0 Å². The number of hydrogen-bond donors (Lipinski definition) is 1. The van der Waals surface area contributed by atoms with Crippen molar-refractivity contribution in [1.82, 2.24) is 9.80 Å². The predicted molar refractivity (Wildman–Crippen MR) is 101 cm³/mol. The maximum absolute atomic E-state index is 13.1. The molecule has 1 aromatic carbocycles. The molecule has 0 saturated carbocycles. The Kier molecular flexibility index (Phi) is 6.47. The normalized spacial score (nSPS) is 16.4. The van der Waals surface area contributed by atoms with Gasteiger partial charge < -0.3 is 19.3 Å². The van der Waals surface area contributed by atoms with Gasteiger partial charge in [0, 0.05) is 32.5 Å². The summed E-state index contributed by atoms with van der Waals surface area (Å²) < 4.78 is 5.30. The molecule has 2 amide bonds. The van der Waals surface area contributed by atoms with Gasteiger partial charge in [-0.25, -0.2) is 0 Å². The van der Waals surface area contributed by atoms with E-state index in [0.29, 0.717) is 38.4 Å². The quantitative estimate of drug-likeness (QED) is 0.717. The molecule has 3 rings (SSSR count). The zero-order valence-electron chi connectivity index (χ0n) is 15.6. The molecule has 7 heteroatoms. The van der Waals surface area contributed by atoms with E-state index in [-0.39, 0.29) is 24.7 Å². The lowest BCUT2D eigenvalue weighted by atomic mass is 10.1. The van der Waals surface area contributed by atoms with Crippen LogP contribution in [-0.4, -0.2) is 45.8 Å². The molecule has 1 saturated heterocycles. The number of carboxylic acids is 1. The first kappa shape index (κ1) is 19.7. The summed E-state index contributed by atoms with van der Waals surface area (Å²) in [5.41, 5.74) is 0.975. The van der Waals surface area contributed by atoms with E-state index in [0.717, 1.165) is 5.56 Å². The Hall–Kier alpha value is -3.09. The number of aliphatic carboxylic acids is 1. The minimum atomic E-state index is -0.882. The summed E-state index contributed by atoms with van der Waals surface area (Å²) >= 11 is 0. The fourth-order valence-electron chi connectivity index (χ4n) is 3.43. The van der Waals surface area contributed by atoms with Crippen LogP contribution < -0.4 is 0 Å². The Bertz CT molecular complexity index is 803. The van der Waals surface area contributed by atoms with Gasteiger partial charge in [-0.15, -0.1) is 0 Å². The lowest BCUT2D eigenvalue weighted by Crippen LogP contribution is -2.37. The van der Waals surface area contributed by atoms with E-state index >= 15 is 0 Å². The number of rotatable bonds is 9.